The lowest BCUT2D eigenvalue weighted by molar-refractivity contribution is 0.0708. The lowest BCUT2D eigenvalue weighted by Gasteiger charge is -2.28. The van der Waals surface area contributed by atoms with Crippen LogP contribution in [0.25, 0.3) is 0 Å². The van der Waals surface area contributed by atoms with Crippen molar-refractivity contribution in [2.75, 3.05) is 51.0 Å². The van der Waals surface area contributed by atoms with Gasteiger partial charge in [-0.15, -0.1) is 0 Å². The molecule has 0 bridgehead atoms. The van der Waals surface area contributed by atoms with Crippen LogP contribution in [-0.4, -0.2) is 73.1 Å². The highest BCUT2D eigenvalue weighted by molar-refractivity contribution is 6.60. The van der Waals surface area contributed by atoms with Crippen molar-refractivity contribution in [1.29, 1.82) is 0 Å². The number of benzene rings is 1. The highest BCUT2D eigenvalue weighted by Gasteiger charge is 2.39. The number of hydrogen-bond donors (Lipinski definition) is 2. The van der Waals surface area contributed by atoms with Gasteiger partial charge in [-0.25, -0.2) is 9.59 Å². The number of nitrogens with one attached hydrogen (secondary N) is 2. The second-order valence-electron chi connectivity index (χ2n) is 8.05. The zero-order valence-electron chi connectivity index (χ0n) is 21.5. The van der Waals surface area contributed by atoms with E-state index in [2.05, 4.69) is 17.6 Å². The number of carbonyl (C=O) groups excluding carboxylic acids is 2. The molecule has 1 aromatic carbocycles. The summed E-state index contributed by atoms with van der Waals surface area (Å²) in [7, 11) is -2.72. The largest absolute Gasteiger partial charge is 0.500 e. The van der Waals surface area contributed by atoms with Crippen LogP contribution >= 0.6 is 0 Å². The smallest absolute Gasteiger partial charge is 0.410 e. The molecule has 10 nitrogen and oxygen atoms in total. The Hall–Kier alpha value is -2.18. The molecular weight excluding hydrogens is 470 g/mol. The number of hydrogen-bond acceptors (Lipinski definition) is 7. The second kappa shape index (κ2) is 15.7. The van der Waals surface area contributed by atoms with E-state index >= 15 is 0 Å². The summed E-state index contributed by atoms with van der Waals surface area (Å²) in [6.45, 7) is 11.5. The molecule has 1 aliphatic rings. The van der Waals surface area contributed by atoms with Gasteiger partial charge < -0.3 is 33.4 Å². The molecular formula is C24H41N3O7Si. The molecule has 1 saturated heterocycles. The third kappa shape index (κ3) is 10.5. The average molecular weight is 512 g/mol. The Kier molecular flexibility index (Phi) is 13.1. The van der Waals surface area contributed by atoms with Crippen molar-refractivity contribution in [3.8, 4) is 5.75 Å². The van der Waals surface area contributed by atoms with Crippen LogP contribution in [0.1, 0.15) is 47.0 Å². The standard InChI is InChI=1S/C24H41N3O7Si/c1-5-9-15-25-23(28)27(18-22-19-30-22)20-11-13-21(14-12-20)34-24(29)26-16-10-17-35(31-6-2,32-7-3)33-8-4/h11-14,22H,5-10,15-19H2,1-4H3,(H,25,28)(H,26,29). The summed E-state index contributed by atoms with van der Waals surface area (Å²) in [6, 6.07) is 7.32. The zero-order valence-corrected chi connectivity index (χ0v) is 22.5. The molecule has 11 heteroatoms. The van der Waals surface area contributed by atoms with Crippen LogP contribution < -0.4 is 20.3 Å². The summed E-state index contributed by atoms with van der Waals surface area (Å²) in [4.78, 5) is 26.5. The van der Waals surface area contributed by atoms with E-state index in [1.54, 1.807) is 29.2 Å². The van der Waals surface area contributed by atoms with Gasteiger partial charge in [0.15, 0.2) is 0 Å². The molecule has 1 fully saturated rings. The van der Waals surface area contributed by atoms with Gasteiger partial charge in [-0.3, -0.25) is 4.90 Å². The number of urea groups is 1. The molecule has 0 aromatic heterocycles. The van der Waals surface area contributed by atoms with E-state index in [0.717, 1.165) is 12.8 Å². The van der Waals surface area contributed by atoms with Gasteiger partial charge in [0, 0.05) is 44.6 Å². The molecule has 0 radical (unpaired) electrons. The number of anilines is 1. The van der Waals surface area contributed by atoms with E-state index in [0.29, 0.717) is 70.0 Å². The number of nitrogens with zero attached hydrogens (tertiary/aromatic N) is 1. The van der Waals surface area contributed by atoms with Gasteiger partial charge in [-0.2, -0.15) is 0 Å². The normalized spacial score (nSPS) is 14.9. The molecule has 0 spiro atoms. The van der Waals surface area contributed by atoms with Gasteiger partial charge in [0.2, 0.25) is 0 Å². The molecule has 1 aromatic rings. The summed E-state index contributed by atoms with van der Waals surface area (Å²) in [5.74, 6) is 0.391. The third-order valence-electron chi connectivity index (χ3n) is 5.22. The Morgan fingerprint density at radius 1 is 0.971 bits per heavy atom. The molecule has 1 aliphatic heterocycles. The van der Waals surface area contributed by atoms with Crippen LogP contribution in [0.2, 0.25) is 6.04 Å². The topological polar surface area (TPSA) is 111 Å². The fraction of sp³-hybridized carbons (Fsp3) is 0.667. The quantitative estimate of drug-likeness (QED) is 0.185. The summed E-state index contributed by atoms with van der Waals surface area (Å²) >= 11 is 0. The first-order chi connectivity index (χ1) is 17.0. The van der Waals surface area contributed by atoms with Crippen LogP contribution in [0, 0.1) is 0 Å². The molecule has 1 atom stereocenters. The Balaban J connectivity index is 1.83. The minimum atomic E-state index is -2.72. The molecule has 35 heavy (non-hydrogen) atoms. The minimum Gasteiger partial charge on any atom is -0.410 e. The lowest BCUT2D eigenvalue weighted by atomic mass is 10.2. The monoisotopic (exact) mass is 511 g/mol. The van der Waals surface area contributed by atoms with Gasteiger partial charge in [-0.05, 0) is 57.9 Å². The Bertz CT molecular complexity index is 745. The SMILES string of the molecule is CCCCNC(=O)N(CC1CO1)c1ccc(OC(=O)NCCC[Si](OCC)(OCC)OCC)cc1. The van der Waals surface area contributed by atoms with Gasteiger partial charge in [0.1, 0.15) is 5.75 Å². The predicted octanol–water partition coefficient (Wildman–Crippen LogP) is 3.93. The van der Waals surface area contributed by atoms with Gasteiger partial charge in [-0.1, -0.05) is 13.3 Å². The number of epoxide rings is 1. The lowest BCUT2D eigenvalue weighted by Crippen LogP contribution is -2.46. The number of amides is 3. The number of ether oxygens (including phenoxy) is 2. The van der Waals surface area contributed by atoms with Gasteiger partial charge in [0.25, 0.3) is 0 Å². The van der Waals surface area contributed by atoms with Crippen LogP contribution in [0.15, 0.2) is 24.3 Å². The summed E-state index contributed by atoms with van der Waals surface area (Å²) in [5.41, 5.74) is 0.714. The first-order valence-electron chi connectivity index (χ1n) is 12.6. The predicted molar refractivity (Wildman–Crippen MR) is 136 cm³/mol. The fourth-order valence-corrected chi connectivity index (χ4v) is 6.10. The second-order valence-corrected chi connectivity index (χ2v) is 10.8. The Morgan fingerprint density at radius 3 is 2.11 bits per heavy atom. The average Bonchev–Trinajstić information content (AvgIpc) is 3.66. The van der Waals surface area contributed by atoms with E-state index in [4.69, 9.17) is 22.8 Å². The molecule has 1 unspecified atom stereocenters. The number of unbranched alkanes of at least 4 members (excludes halogenated alkanes) is 1. The van der Waals surface area contributed by atoms with Crippen molar-refractivity contribution < 1.29 is 32.3 Å². The summed E-state index contributed by atoms with van der Waals surface area (Å²) in [6.07, 6.45) is 2.09. The highest BCUT2D eigenvalue weighted by atomic mass is 28.4. The van der Waals surface area contributed by atoms with Crippen LogP contribution in [0.3, 0.4) is 0 Å². The van der Waals surface area contributed by atoms with E-state index in [1.165, 1.54) is 0 Å². The first-order valence-corrected chi connectivity index (χ1v) is 14.5. The van der Waals surface area contributed by atoms with Crippen LogP contribution in [-0.2, 0) is 18.0 Å². The fourth-order valence-electron chi connectivity index (χ4n) is 3.48. The van der Waals surface area contributed by atoms with Gasteiger partial charge >= 0.3 is 20.9 Å². The van der Waals surface area contributed by atoms with E-state index < -0.39 is 14.9 Å². The van der Waals surface area contributed by atoms with Crippen molar-refractivity contribution in [2.24, 2.45) is 0 Å². The summed E-state index contributed by atoms with van der Waals surface area (Å²) < 4.78 is 28.2. The Labute approximate surface area is 209 Å². The van der Waals surface area contributed by atoms with Crippen molar-refractivity contribution in [3.05, 3.63) is 24.3 Å². The number of carbonyl (C=O) groups is 2. The van der Waals surface area contributed by atoms with Crippen molar-refractivity contribution in [2.45, 2.75) is 59.1 Å². The maximum absolute atomic E-state index is 12.6. The van der Waals surface area contributed by atoms with Crippen molar-refractivity contribution >= 4 is 26.6 Å². The molecule has 2 N–H and O–H groups in total. The summed E-state index contributed by atoms with van der Waals surface area (Å²) in [5, 5.41) is 5.69. The Morgan fingerprint density at radius 2 is 1.57 bits per heavy atom. The van der Waals surface area contributed by atoms with E-state index in [9.17, 15) is 9.59 Å². The molecule has 2 rings (SSSR count). The third-order valence-corrected chi connectivity index (χ3v) is 8.37. The maximum atomic E-state index is 12.6. The zero-order chi connectivity index (χ0) is 25.5. The number of rotatable bonds is 17. The minimum absolute atomic E-state index is 0.0589. The molecule has 0 aliphatic carbocycles. The van der Waals surface area contributed by atoms with E-state index in [-0.39, 0.29) is 12.1 Å². The molecule has 1 heterocycles. The first kappa shape index (κ1) is 29.0. The van der Waals surface area contributed by atoms with Gasteiger partial charge in [0.05, 0.1) is 19.3 Å². The van der Waals surface area contributed by atoms with Crippen molar-refractivity contribution in [1.82, 2.24) is 10.6 Å². The van der Waals surface area contributed by atoms with Crippen molar-refractivity contribution in [3.63, 3.8) is 0 Å². The van der Waals surface area contributed by atoms with Crippen LogP contribution in [0.5, 0.6) is 5.75 Å². The maximum Gasteiger partial charge on any atom is 0.500 e. The molecule has 198 valence electrons. The van der Waals surface area contributed by atoms with Crippen LogP contribution in [0.4, 0.5) is 15.3 Å². The van der Waals surface area contributed by atoms with E-state index in [1.807, 2.05) is 20.8 Å². The molecule has 0 saturated carbocycles. The molecule has 3 amide bonds. The highest BCUT2D eigenvalue weighted by Crippen LogP contribution is 2.23.